The lowest BCUT2D eigenvalue weighted by Gasteiger charge is -2.09. The molecule has 2 N–H and O–H groups in total. The Kier molecular flexibility index (Phi) is 5.34. The Balaban J connectivity index is 2.59. The first-order valence-corrected chi connectivity index (χ1v) is 6.38. The molecule has 1 atom stereocenters. The Morgan fingerprint density at radius 2 is 2.17 bits per heavy atom. The van der Waals surface area contributed by atoms with Gasteiger partial charge in [0.1, 0.15) is 5.69 Å². The summed E-state index contributed by atoms with van der Waals surface area (Å²) in [6.07, 6.45) is 0.694. The lowest BCUT2D eigenvalue weighted by molar-refractivity contribution is 0.0939. The molecule has 0 aliphatic carbocycles. The summed E-state index contributed by atoms with van der Waals surface area (Å²) < 4.78 is 1.75. The number of nitrogens with one attached hydrogen (secondary N) is 1. The van der Waals surface area contributed by atoms with Crippen LogP contribution in [0.25, 0.3) is 0 Å². The maximum atomic E-state index is 11.9. The monoisotopic (exact) mass is 253 g/mol. The molecule has 0 bridgehead atoms. The highest BCUT2D eigenvalue weighted by atomic mass is 16.3. The molecule has 0 saturated carbocycles. The average molecular weight is 253 g/mol. The molecule has 0 fully saturated rings. The molecule has 1 aromatic heterocycles. The van der Waals surface area contributed by atoms with Crippen molar-refractivity contribution in [3.8, 4) is 0 Å². The predicted molar refractivity (Wildman–Crippen MR) is 70.5 cm³/mol. The van der Waals surface area contributed by atoms with Gasteiger partial charge in [0.25, 0.3) is 5.91 Å². The molecular formula is C13H23N3O2. The number of carbonyl (C=O) groups excluding carboxylic acids is 1. The fraction of sp³-hybridized carbons (Fsp3) is 0.692. The Hall–Kier alpha value is -1.36. The molecule has 102 valence electrons. The second-order valence-electron chi connectivity index (χ2n) is 5.06. The molecule has 5 heteroatoms. The van der Waals surface area contributed by atoms with Gasteiger partial charge in [0.15, 0.2) is 0 Å². The molecule has 0 aliphatic heterocycles. The van der Waals surface area contributed by atoms with E-state index in [0.717, 1.165) is 5.69 Å². The summed E-state index contributed by atoms with van der Waals surface area (Å²) >= 11 is 0. The third-order valence-corrected chi connectivity index (χ3v) is 2.97. The molecule has 0 aliphatic rings. The van der Waals surface area contributed by atoms with Crippen LogP contribution in [-0.2, 0) is 7.05 Å². The Morgan fingerprint density at radius 1 is 1.50 bits per heavy atom. The normalized spacial score (nSPS) is 12.8. The van der Waals surface area contributed by atoms with Crippen LogP contribution in [0.3, 0.4) is 0 Å². The number of hydrogen-bond acceptors (Lipinski definition) is 3. The second-order valence-corrected chi connectivity index (χ2v) is 5.06. The van der Waals surface area contributed by atoms with Crippen molar-refractivity contribution in [1.82, 2.24) is 15.1 Å². The third-order valence-electron chi connectivity index (χ3n) is 2.97. The minimum Gasteiger partial charge on any atom is -0.396 e. The number of aliphatic hydroxyl groups excluding tert-OH is 1. The van der Waals surface area contributed by atoms with Crippen molar-refractivity contribution in [2.45, 2.75) is 33.1 Å². The van der Waals surface area contributed by atoms with Gasteiger partial charge >= 0.3 is 0 Å². The summed E-state index contributed by atoms with van der Waals surface area (Å²) in [5.74, 6) is 0.465. The van der Waals surface area contributed by atoms with Crippen molar-refractivity contribution in [3.05, 3.63) is 17.5 Å². The van der Waals surface area contributed by atoms with Crippen LogP contribution in [0.15, 0.2) is 6.07 Å². The highest BCUT2D eigenvalue weighted by Gasteiger charge is 2.14. The van der Waals surface area contributed by atoms with E-state index in [1.165, 1.54) is 0 Å². The van der Waals surface area contributed by atoms with Gasteiger partial charge in [-0.2, -0.15) is 5.10 Å². The molecule has 1 heterocycles. The molecule has 1 amide bonds. The maximum Gasteiger partial charge on any atom is 0.271 e. The van der Waals surface area contributed by atoms with Crippen LogP contribution in [0.1, 0.15) is 49.3 Å². The van der Waals surface area contributed by atoms with Crippen LogP contribution >= 0.6 is 0 Å². The van der Waals surface area contributed by atoms with Gasteiger partial charge in [-0.1, -0.05) is 20.8 Å². The van der Waals surface area contributed by atoms with Gasteiger partial charge in [-0.05, 0) is 24.3 Å². The van der Waals surface area contributed by atoms with E-state index in [2.05, 4.69) is 24.3 Å². The molecule has 1 aromatic rings. The van der Waals surface area contributed by atoms with Crippen LogP contribution in [0, 0.1) is 5.92 Å². The smallest absolute Gasteiger partial charge is 0.271 e. The van der Waals surface area contributed by atoms with Crippen molar-refractivity contribution in [3.63, 3.8) is 0 Å². The van der Waals surface area contributed by atoms with Gasteiger partial charge in [-0.25, -0.2) is 0 Å². The zero-order valence-corrected chi connectivity index (χ0v) is 11.6. The van der Waals surface area contributed by atoms with Crippen LogP contribution in [0.4, 0.5) is 0 Å². The molecule has 0 saturated heterocycles. The van der Waals surface area contributed by atoms with Gasteiger partial charge in [0, 0.05) is 25.9 Å². The first-order chi connectivity index (χ1) is 8.45. The molecule has 1 unspecified atom stereocenters. The summed E-state index contributed by atoms with van der Waals surface area (Å²) in [7, 11) is 1.85. The molecule has 18 heavy (non-hydrogen) atoms. The number of aromatic nitrogens is 2. The van der Waals surface area contributed by atoms with Crippen LogP contribution in [-0.4, -0.2) is 33.9 Å². The number of carbonyl (C=O) groups is 1. The van der Waals surface area contributed by atoms with Gasteiger partial charge < -0.3 is 10.4 Å². The second kappa shape index (κ2) is 6.54. The van der Waals surface area contributed by atoms with E-state index in [1.54, 1.807) is 4.68 Å². The van der Waals surface area contributed by atoms with E-state index >= 15 is 0 Å². The van der Waals surface area contributed by atoms with Crippen molar-refractivity contribution < 1.29 is 9.90 Å². The first-order valence-electron chi connectivity index (χ1n) is 6.38. The molecular weight excluding hydrogens is 230 g/mol. The molecule has 1 rings (SSSR count). The Morgan fingerprint density at radius 3 is 2.67 bits per heavy atom. The Bertz CT molecular complexity index is 399. The number of hydrogen-bond donors (Lipinski definition) is 2. The quantitative estimate of drug-likeness (QED) is 0.803. The van der Waals surface area contributed by atoms with Crippen molar-refractivity contribution in [2.24, 2.45) is 13.0 Å². The summed E-state index contributed by atoms with van der Waals surface area (Å²) in [4.78, 5) is 11.9. The zero-order chi connectivity index (χ0) is 13.7. The fourth-order valence-corrected chi connectivity index (χ4v) is 1.81. The summed E-state index contributed by atoms with van der Waals surface area (Å²) in [5, 5.41) is 15.8. The topological polar surface area (TPSA) is 67.2 Å². The molecule has 5 nitrogen and oxygen atoms in total. The lowest BCUT2D eigenvalue weighted by atomic mass is 10.1. The largest absolute Gasteiger partial charge is 0.396 e. The Labute approximate surface area is 108 Å². The van der Waals surface area contributed by atoms with Crippen molar-refractivity contribution in [1.29, 1.82) is 0 Å². The van der Waals surface area contributed by atoms with Crippen molar-refractivity contribution in [2.75, 3.05) is 13.2 Å². The standard InChI is InChI=1S/C13H23N3O2/c1-9(2)12-7-11(15-16(12)4)13(18)14-8-10(3)5-6-17/h7,9-10,17H,5-6,8H2,1-4H3,(H,14,18). The summed E-state index contributed by atoms with van der Waals surface area (Å²) in [6.45, 7) is 6.85. The van der Waals surface area contributed by atoms with E-state index in [1.807, 2.05) is 20.0 Å². The molecule has 0 aromatic carbocycles. The van der Waals surface area contributed by atoms with Gasteiger partial charge in [0.05, 0.1) is 0 Å². The average Bonchev–Trinajstić information content (AvgIpc) is 2.69. The minimum atomic E-state index is -0.151. The van der Waals surface area contributed by atoms with Crippen molar-refractivity contribution >= 4 is 5.91 Å². The van der Waals surface area contributed by atoms with Gasteiger partial charge in [0.2, 0.25) is 0 Å². The highest BCUT2D eigenvalue weighted by Crippen LogP contribution is 2.14. The summed E-state index contributed by atoms with van der Waals surface area (Å²) in [6, 6.07) is 1.83. The van der Waals surface area contributed by atoms with E-state index < -0.39 is 0 Å². The minimum absolute atomic E-state index is 0.151. The first kappa shape index (κ1) is 14.7. The number of rotatable bonds is 6. The van der Waals surface area contributed by atoms with Crippen LogP contribution in [0.2, 0.25) is 0 Å². The third kappa shape index (κ3) is 3.84. The zero-order valence-electron chi connectivity index (χ0n) is 11.6. The number of nitrogens with zero attached hydrogens (tertiary/aromatic N) is 2. The molecule has 0 radical (unpaired) electrons. The highest BCUT2D eigenvalue weighted by molar-refractivity contribution is 5.92. The van der Waals surface area contributed by atoms with Gasteiger partial charge in [-0.15, -0.1) is 0 Å². The van der Waals surface area contributed by atoms with Gasteiger partial charge in [-0.3, -0.25) is 9.48 Å². The summed E-state index contributed by atoms with van der Waals surface area (Å²) in [5.41, 5.74) is 1.50. The van der Waals surface area contributed by atoms with Crippen LogP contribution < -0.4 is 5.32 Å². The van der Waals surface area contributed by atoms with E-state index in [9.17, 15) is 4.79 Å². The SMILES string of the molecule is CC(CCO)CNC(=O)c1cc(C(C)C)n(C)n1. The number of amides is 1. The fourth-order valence-electron chi connectivity index (χ4n) is 1.81. The predicted octanol–water partition coefficient (Wildman–Crippen LogP) is 1.29. The number of aryl methyl sites for hydroxylation is 1. The number of aliphatic hydroxyl groups is 1. The van der Waals surface area contributed by atoms with E-state index in [-0.39, 0.29) is 18.4 Å². The maximum absolute atomic E-state index is 11.9. The van der Waals surface area contributed by atoms with E-state index in [4.69, 9.17) is 5.11 Å². The lowest BCUT2D eigenvalue weighted by Crippen LogP contribution is -2.29. The van der Waals surface area contributed by atoms with E-state index in [0.29, 0.717) is 24.6 Å². The molecule has 0 spiro atoms. The van der Waals surface area contributed by atoms with Crippen LogP contribution in [0.5, 0.6) is 0 Å².